The van der Waals surface area contributed by atoms with E-state index in [0.29, 0.717) is 5.84 Å². The highest BCUT2D eigenvalue weighted by Crippen LogP contribution is 2.04. The minimum Gasteiger partial charge on any atom is -0.387 e. The Morgan fingerprint density at radius 3 is 2.40 bits per heavy atom. The third kappa shape index (κ3) is 8.43. The highest BCUT2D eigenvalue weighted by molar-refractivity contribution is 5.79. The Balaban J connectivity index is 3.40. The second kappa shape index (κ2) is 8.72. The molecular formula is C12H27N3. The van der Waals surface area contributed by atoms with Crippen LogP contribution in [0, 0.1) is 11.3 Å². The molecule has 0 aromatic carbocycles. The average Bonchev–Trinajstić information content (AvgIpc) is 2.17. The zero-order valence-electron chi connectivity index (χ0n) is 10.6. The molecular weight excluding hydrogens is 186 g/mol. The lowest BCUT2D eigenvalue weighted by Gasteiger charge is -2.20. The fraction of sp³-hybridized carbons (Fsp3) is 0.917. The van der Waals surface area contributed by atoms with Crippen LogP contribution in [-0.4, -0.2) is 30.9 Å². The molecule has 0 aromatic rings. The summed E-state index contributed by atoms with van der Waals surface area (Å²) < 4.78 is 0. The molecule has 0 radical (unpaired) electrons. The zero-order valence-corrected chi connectivity index (χ0v) is 10.6. The van der Waals surface area contributed by atoms with Gasteiger partial charge < -0.3 is 10.6 Å². The van der Waals surface area contributed by atoms with Crippen LogP contribution in [0.15, 0.2) is 0 Å². The third-order valence-corrected chi connectivity index (χ3v) is 2.76. The third-order valence-electron chi connectivity index (χ3n) is 2.76. The Kier molecular flexibility index (Phi) is 8.38. The van der Waals surface area contributed by atoms with Crippen LogP contribution in [0.2, 0.25) is 0 Å². The zero-order chi connectivity index (χ0) is 11.7. The Morgan fingerprint density at radius 1 is 1.27 bits per heavy atom. The van der Waals surface area contributed by atoms with Crippen LogP contribution in [0.3, 0.4) is 0 Å². The van der Waals surface area contributed by atoms with Gasteiger partial charge in [-0.2, -0.15) is 0 Å². The quantitative estimate of drug-likeness (QED) is 0.351. The van der Waals surface area contributed by atoms with Crippen molar-refractivity contribution in [2.75, 3.05) is 20.1 Å². The van der Waals surface area contributed by atoms with Crippen LogP contribution in [-0.2, 0) is 0 Å². The number of nitrogens with one attached hydrogen (secondary N) is 1. The first-order chi connectivity index (χ1) is 7.07. The van der Waals surface area contributed by atoms with Crippen LogP contribution in [0.25, 0.3) is 0 Å². The van der Waals surface area contributed by atoms with Gasteiger partial charge in [-0.25, -0.2) is 0 Å². The lowest BCUT2D eigenvalue weighted by molar-refractivity contribution is 0.305. The van der Waals surface area contributed by atoms with Crippen LogP contribution >= 0.6 is 0 Å². The van der Waals surface area contributed by atoms with E-state index in [1.165, 1.54) is 32.1 Å². The van der Waals surface area contributed by atoms with Crippen molar-refractivity contribution in [3.05, 3.63) is 0 Å². The van der Waals surface area contributed by atoms with Gasteiger partial charge in [-0.3, -0.25) is 5.41 Å². The van der Waals surface area contributed by atoms with E-state index in [0.717, 1.165) is 13.1 Å². The molecule has 15 heavy (non-hydrogen) atoms. The summed E-state index contributed by atoms with van der Waals surface area (Å²) >= 11 is 0. The van der Waals surface area contributed by atoms with Crippen LogP contribution in [0.5, 0.6) is 0 Å². The van der Waals surface area contributed by atoms with E-state index in [1.807, 2.05) is 6.92 Å². The van der Waals surface area contributed by atoms with E-state index >= 15 is 0 Å². The maximum atomic E-state index is 7.31. The van der Waals surface area contributed by atoms with Crippen LogP contribution in [0.4, 0.5) is 0 Å². The van der Waals surface area contributed by atoms with Crippen molar-refractivity contribution in [1.29, 1.82) is 5.41 Å². The number of hydrogen-bond acceptors (Lipinski definition) is 2. The fourth-order valence-corrected chi connectivity index (χ4v) is 1.64. The summed E-state index contributed by atoms with van der Waals surface area (Å²) in [5, 5.41) is 7.31. The van der Waals surface area contributed by atoms with Crippen LogP contribution < -0.4 is 5.73 Å². The molecule has 0 saturated heterocycles. The lowest BCUT2D eigenvalue weighted by Crippen LogP contribution is -2.32. The summed E-state index contributed by atoms with van der Waals surface area (Å²) in [6.07, 6.45) is 6.60. The summed E-state index contributed by atoms with van der Waals surface area (Å²) in [6.45, 7) is 6.28. The minimum atomic E-state index is 0.186. The number of rotatable bonds is 9. The Hall–Kier alpha value is -0.570. The van der Waals surface area contributed by atoms with Gasteiger partial charge in [-0.05, 0) is 20.0 Å². The highest BCUT2D eigenvalue weighted by Gasteiger charge is 2.08. The molecule has 0 fully saturated rings. The molecule has 0 rings (SSSR count). The molecule has 0 bridgehead atoms. The largest absolute Gasteiger partial charge is 0.387 e. The molecule has 1 unspecified atom stereocenters. The van der Waals surface area contributed by atoms with Crippen molar-refractivity contribution < 1.29 is 0 Å². The average molecular weight is 213 g/mol. The smallest absolute Gasteiger partial charge is 0.0947 e. The normalized spacial score (nSPS) is 13.1. The van der Waals surface area contributed by atoms with Crippen molar-refractivity contribution in [3.8, 4) is 0 Å². The first-order valence-electron chi connectivity index (χ1n) is 6.10. The molecule has 3 heteroatoms. The Labute approximate surface area is 94.5 Å². The number of nitrogens with two attached hydrogens (primary N) is 1. The van der Waals surface area contributed by atoms with Gasteiger partial charge in [0.2, 0.25) is 0 Å². The first-order valence-corrected chi connectivity index (χ1v) is 6.10. The molecule has 3 nitrogen and oxygen atoms in total. The van der Waals surface area contributed by atoms with E-state index < -0.39 is 0 Å². The molecule has 0 spiro atoms. The van der Waals surface area contributed by atoms with Gasteiger partial charge in [0.05, 0.1) is 5.84 Å². The summed E-state index contributed by atoms with van der Waals surface area (Å²) in [6, 6.07) is 0. The van der Waals surface area contributed by atoms with Crippen molar-refractivity contribution in [2.24, 2.45) is 11.7 Å². The van der Waals surface area contributed by atoms with Crippen molar-refractivity contribution >= 4 is 5.84 Å². The van der Waals surface area contributed by atoms with Gasteiger partial charge in [-0.15, -0.1) is 0 Å². The molecule has 0 aliphatic heterocycles. The molecule has 0 aliphatic carbocycles. The first kappa shape index (κ1) is 14.4. The summed E-state index contributed by atoms with van der Waals surface area (Å²) in [5.74, 6) is 0.485. The van der Waals surface area contributed by atoms with E-state index in [-0.39, 0.29) is 5.92 Å². The second-order valence-electron chi connectivity index (χ2n) is 4.53. The number of amidine groups is 1. The molecule has 1 atom stereocenters. The van der Waals surface area contributed by atoms with E-state index in [1.54, 1.807) is 0 Å². The summed E-state index contributed by atoms with van der Waals surface area (Å²) in [7, 11) is 2.11. The number of nitrogens with zero attached hydrogens (tertiary/aromatic N) is 1. The summed E-state index contributed by atoms with van der Waals surface area (Å²) in [5.41, 5.74) is 5.44. The number of unbranched alkanes of at least 4 members (excludes halogenated alkanes) is 4. The topological polar surface area (TPSA) is 53.1 Å². The van der Waals surface area contributed by atoms with Crippen LogP contribution in [0.1, 0.15) is 46.0 Å². The molecule has 0 amide bonds. The monoisotopic (exact) mass is 213 g/mol. The van der Waals surface area contributed by atoms with Gasteiger partial charge in [0.1, 0.15) is 0 Å². The van der Waals surface area contributed by atoms with Crippen molar-refractivity contribution in [1.82, 2.24) is 4.90 Å². The Bertz CT molecular complexity index is 168. The minimum absolute atomic E-state index is 0.186. The second-order valence-corrected chi connectivity index (χ2v) is 4.53. The lowest BCUT2D eigenvalue weighted by atomic mass is 10.1. The van der Waals surface area contributed by atoms with E-state index in [9.17, 15) is 0 Å². The van der Waals surface area contributed by atoms with E-state index in [2.05, 4.69) is 18.9 Å². The number of hydrogen-bond donors (Lipinski definition) is 2. The Morgan fingerprint density at radius 2 is 1.87 bits per heavy atom. The molecule has 3 N–H and O–H groups in total. The van der Waals surface area contributed by atoms with Crippen molar-refractivity contribution in [3.63, 3.8) is 0 Å². The SMILES string of the molecule is CCCCCCCN(C)CC(C)C(=N)N. The van der Waals surface area contributed by atoms with Gasteiger partial charge in [0, 0.05) is 12.5 Å². The molecule has 90 valence electrons. The fourth-order valence-electron chi connectivity index (χ4n) is 1.64. The van der Waals surface area contributed by atoms with Crippen molar-refractivity contribution in [2.45, 2.75) is 46.0 Å². The summed E-state index contributed by atoms with van der Waals surface area (Å²) in [4.78, 5) is 2.28. The maximum Gasteiger partial charge on any atom is 0.0947 e. The molecule has 0 heterocycles. The molecule has 0 aromatic heterocycles. The molecule has 0 aliphatic rings. The van der Waals surface area contributed by atoms with Gasteiger partial charge in [0.25, 0.3) is 0 Å². The van der Waals surface area contributed by atoms with Gasteiger partial charge in [0.15, 0.2) is 0 Å². The van der Waals surface area contributed by atoms with Gasteiger partial charge >= 0.3 is 0 Å². The predicted octanol–water partition coefficient (Wildman–Crippen LogP) is 2.46. The highest BCUT2D eigenvalue weighted by atomic mass is 15.1. The maximum absolute atomic E-state index is 7.31. The van der Waals surface area contributed by atoms with E-state index in [4.69, 9.17) is 11.1 Å². The standard InChI is InChI=1S/C12H27N3/c1-4-5-6-7-8-9-15(3)10-11(2)12(13)14/h11H,4-10H2,1-3H3,(H3,13,14). The van der Waals surface area contributed by atoms with Gasteiger partial charge in [-0.1, -0.05) is 39.5 Å². The molecule has 0 saturated carbocycles. The predicted molar refractivity (Wildman–Crippen MR) is 67.3 cm³/mol.